The summed E-state index contributed by atoms with van der Waals surface area (Å²) in [5.74, 6) is -0.742. The van der Waals surface area contributed by atoms with Gasteiger partial charge in [0, 0.05) is 51.1 Å². The van der Waals surface area contributed by atoms with Crippen molar-refractivity contribution in [3.8, 4) is 0 Å². The van der Waals surface area contributed by atoms with Crippen LogP contribution in [-0.2, 0) is 11.8 Å². The summed E-state index contributed by atoms with van der Waals surface area (Å²) in [6.45, 7) is 3.74. The second-order valence-corrected chi connectivity index (χ2v) is 8.44. The van der Waals surface area contributed by atoms with E-state index < -0.39 is 17.5 Å². The smallest absolute Gasteiger partial charge is 0.428 e. The second-order valence-electron chi connectivity index (χ2n) is 8.03. The summed E-state index contributed by atoms with van der Waals surface area (Å²) in [5.41, 5.74) is 2.63. The van der Waals surface area contributed by atoms with Crippen molar-refractivity contribution in [3.05, 3.63) is 46.5 Å². The van der Waals surface area contributed by atoms with Crippen molar-refractivity contribution in [2.24, 2.45) is 12.1 Å². The molecule has 2 amide bonds. The van der Waals surface area contributed by atoms with Crippen molar-refractivity contribution in [2.75, 3.05) is 19.6 Å². The Morgan fingerprint density at radius 3 is 2.81 bits per heavy atom. The number of ether oxygens (including phenoxy) is 1. The predicted molar refractivity (Wildman–Crippen MR) is 114 cm³/mol. The SMILES string of the molecule is C[C@@H](CN1CCC2(CC1)OC(=O)NN=C2c1ccc(F)cc1Cl)NC(=O)c1cn(C)nn1. The summed E-state index contributed by atoms with van der Waals surface area (Å²) in [4.78, 5) is 26.4. The van der Waals surface area contributed by atoms with Crippen molar-refractivity contribution in [1.82, 2.24) is 30.6 Å². The Morgan fingerprint density at radius 2 is 2.16 bits per heavy atom. The van der Waals surface area contributed by atoms with E-state index in [1.54, 1.807) is 13.2 Å². The topological polar surface area (TPSA) is 114 Å². The number of carbonyl (C=O) groups excluding carboxylic acids is 2. The third kappa shape index (κ3) is 4.58. The monoisotopic (exact) mass is 463 g/mol. The fraction of sp³-hybridized carbons (Fsp3) is 0.450. The standard InChI is InChI=1S/C20H23ClFN7O3/c1-12(23-18(30)16-11-28(2)27-24-16)10-29-7-5-20(6-8-29)17(25-26-19(31)32-20)14-4-3-13(22)9-15(14)21/h3-4,9,11-12H,5-8,10H2,1-2H3,(H,23,30)(H,26,31)/t12-/m0/s1. The van der Waals surface area contributed by atoms with Crippen LogP contribution in [0.15, 0.2) is 29.5 Å². The van der Waals surface area contributed by atoms with Crippen LogP contribution in [-0.4, -0.2) is 68.9 Å². The van der Waals surface area contributed by atoms with Gasteiger partial charge in [-0.05, 0) is 25.1 Å². The highest BCUT2D eigenvalue weighted by atomic mass is 35.5. The fourth-order valence-corrected chi connectivity index (χ4v) is 4.31. The first-order valence-corrected chi connectivity index (χ1v) is 10.6. The molecule has 2 aliphatic rings. The number of likely N-dealkylation sites (tertiary alicyclic amines) is 1. The highest BCUT2D eigenvalue weighted by Crippen LogP contribution is 2.35. The molecule has 2 aliphatic heterocycles. The molecule has 1 aromatic carbocycles. The summed E-state index contributed by atoms with van der Waals surface area (Å²) < 4.78 is 20.7. The molecule has 170 valence electrons. The van der Waals surface area contributed by atoms with Crippen LogP contribution in [0, 0.1) is 5.82 Å². The number of nitrogens with one attached hydrogen (secondary N) is 2. The number of halogens is 2. The number of carbonyl (C=O) groups is 2. The first-order valence-electron chi connectivity index (χ1n) is 10.2. The van der Waals surface area contributed by atoms with Gasteiger partial charge in [0.2, 0.25) is 0 Å². The molecule has 1 saturated heterocycles. The van der Waals surface area contributed by atoms with Gasteiger partial charge < -0.3 is 15.0 Å². The van der Waals surface area contributed by atoms with Gasteiger partial charge in [-0.2, -0.15) is 5.10 Å². The van der Waals surface area contributed by atoms with Crippen LogP contribution in [0.3, 0.4) is 0 Å². The van der Waals surface area contributed by atoms with Gasteiger partial charge in [0.25, 0.3) is 5.91 Å². The van der Waals surface area contributed by atoms with Gasteiger partial charge in [0.15, 0.2) is 11.3 Å². The van der Waals surface area contributed by atoms with Gasteiger partial charge in [0.1, 0.15) is 11.5 Å². The van der Waals surface area contributed by atoms with Crippen LogP contribution < -0.4 is 10.7 Å². The van der Waals surface area contributed by atoms with E-state index in [9.17, 15) is 14.0 Å². The molecule has 1 spiro atoms. The number of benzene rings is 1. The number of aromatic nitrogens is 3. The predicted octanol–water partition coefficient (Wildman–Crippen LogP) is 1.70. The maximum atomic E-state index is 13.5. The minimum Gasteiger partial charge on any atom is -0.435 e. The highest BCUT2D eigenvalue weighted by Gasteiger charge is 2.46. The van der Waals surface area contributed by atoms with Gasteiger partial charge in [-0.25, -0.2) is 14.6 Å². The maximum Gasteiger partial charge on any atom is 0.428 e. The number of hydrazone groups is 1. The molecule has 10 nitrogen and oxygen atoms in total. The molecule has 1 aromatic heterocycles. The van der Waals surface area contributed by atoms with Crippen LogP contribution in [0.25, 0.3) is 0 Å². The van der Waals surface area contributed by atoms with E-state index in [0.29, 0.717) is 43.8 Å². The first kappa shape index (κ1) is 22.2. The van der Waals surface area contributed by atoms with Gasteiger partial charge >= 0.3 is 6.09 Å². The largest absolute Gasteiger partial charge is 0.435 e. The molecule has 32 heavy (non-hydrogen) atoms. The molecule has 0 saturated carbocycles. The normalized spacial score (nSPS) is 19.1. The number of hydrogen-bond donors (Lipinski definition) is 2. The average molecular weight is 464 g/mol. The molecule has 2 N–H and O–H groups in total. The van der Waals surface area contributed by atoms with Crippen molar-refractivity contribution >= 4 is 29.3 Å². The van der Waals surface area contributed by atoms with Crippen molar-refractivity contribution < 1.29 is 18.7 Å². The third-order valence-corrected chi connectivity index (χ3v) is 5.89. The van der Waals surface area contributed by atoms with Crippen LogP contribution in [0.4, 0.5) is 9.18 Å². The second kappa shape index (κ2) is 8.83. The summed E-state index contributed by atoms with van der Waals surface area (Å²) in [6, 6.07) is 3.91. The summed E-state index contributed by atoms with van der Waals surface area (Å²) in [5, 5.41) is 14.9. The Kier molecular flexibility index (Phi) is 6.11. The number of hydrogen-bond acceptors (Lipinski definition) is 7. The lowest BCUT2D eigenvalue weighted by atomic mass is 9.82. The van der Waals surface area contributed by atoms with E-state index in [2.05, 4.69) is 31.1 Å². The van der Waals surface area contributed by atoms with E-state index in [1.165, 1.54) is 22.9 Å². The fourth-order valence-electron chi connectivity index (χ4n) is 4.06. The van der Waals surface area contributed by atoms with Gasteiger partial charge in [-0.1, -0.05) is 16.8 Å². The average Bonchev–Trinajstić information content (AvgIpc) is 3.17. The zero-order valence-corrected chi connectivity index (χ0v) is 18.4. The van der Waals surface area contributed by atoms with E-state index in [4.69, 9.17) is 16.3 Å². The first-order chi connectivity index (χ1) is 15.3. The van der Waals surface area contributed by atoms with Crippen LogP contribution in [0.1, 0.15) is 35.8 Å². The Labute approximate surface area is 188 Å². The Bertz CT molecular complexity index is 1070. The molecule has 0 radical (unpaired) electrons. The molecule has 4 rings (SSSR count). The molecule has 12 heteroatoms. The van der Waals surface area contributed by atoms with E-state index >= 15 is 0 Å². The van der Waals surface area contributed by atoms with Gasteiger partial charge in [-0.15, -0.1) is 5.10 Å². The zero-order valence-electron chi connectivity index (χ0n) is 17.6. The number of piperidine rings is 1. The van der Waals surface area contributed by atoms with Crippen LogP contribution in [0.5, 0.6) is 0 Å². The van der Waals surface area contributed by atoms with Crippen molar-refractivity contribution in [3.63, 3.8) is 0 Å². The Balaban J connectivity index is 1.41. The number of amides is 2. The van der Waals surface area contributed by atoms with E-state index in [1.807, 2.05) is 6.92 Å². The van der Waals surface area contributed by atoms with Crippen LogP contribution in [0.2, 0.25) is 5.02 Å². The van der Waals surface area contributed by atoms with Gasteiger partial charge in [-0.3, -0.25) is 9.48 Å². The number of nitrogens with zero attached hydrogens (tertiary/aromatic N) is 5. The van der Waals surface area contributed by atoms with Gasteiger partial charge in [0.05, 0.1) is 11.2 Å². The Hall–Kier alpha value is -3.05. The van der Waals surface area contributed by atoms with Crippen LogP contribution >= 0.6 is 11.6 Å². The highest BCUT2D eigenvalue weighted by molar-refractivity contribution is 6.35. The molecule has 0 bridgehead atoms. The van der Waals surface area contributed by atoms with Crippen molar-refractivity contribution in [2.45, 2.75) is 31.4 Å². The lowest BCUT2D eigenvalue weighted by Gasteiger charge is -2.43. The molecule has 1 fully saturated rings. The maximum absolute atomic E-state index is 13.5. The molecular formula is C20H23ClFN7O3. The minimum atomic E-state index is -0.952. The molecule has 1 atom stereocenters. The van der Waals surface area contributed by atoms with E-state index in [-0.39, 0.29) is 22.7 Å². The summed E-state index contributed by atoms with van der Waals surface area (Å²) in [6.07, 6.45) is 1.89. The summed E-state index contributed by atoms with van der Waals surface area (Å²) >= 11 is 6.25. The molecule has 3 heterocycles. The molecule has 0 aliphatic carbocycles. The Morgan fingerprint density at radius 1 is 1.41 bits per heavy atom. The molecular weight excluding hydrogens is 441 g/mol. The molecule has 2 aromatic rings. The zero-order chi connectivity index (χ0) is 22.9. The number of rotatable bonds is 5. The molecule has 0 unspecified atom stereocenters. The third-order valence-electron chi connectivity index (χ3n) is 5.57. The quantitative estimate of drug-likeness (QED) is 0.697. The summed E-state index contributed by atoms with van der Waals surface area (Å²) in [7, 11) is 1.70. The van der Waals surface area contributed by atoms with E-state index in [0.717, 1.165) is 0 Å². The lowest BCUT2D eigenvalue weighted by molar-refractivity contribution is 0.00488. The number of aryl methyl sites for hydroxylation is 1. The van der Waals surface area contributed by atoms with Crippen molar-refractivity contribution in [1.29, 1.82) is 0 Å². The lowest BCUT2D eigenvalue weighted by Crippen LogP contribution is -2.57. The minimum absolute atomic E-state index is 0.131.